The SMILES string of the molecule is O=C(CSc1nnc(C2CCS(=O)(=O)C2)o1)NCC(F)(F)F. The highest BCUT2D eigenvalue weighted by atomic mass is 32.2. The average molecular weight is 359 g/mol. The zero-order valence-corrected chi connectivity index (χ0v) is 12.7. The van der Waals surface area contributed by atoms with Crippen LogP contribution in [0, 0.1) is 0 Å². The Balaban J connectivity index is 1.81. The third kappa shape index (κ3) is 5.16. The van der Waals surface area contributed by atoms with E-state index in [-0.39, 0.29) is 34.3 Å². The van der Waals surface area contributed by atoms with Crippen LogP contribution in [0.2, 0.25) is 0 Å². The largest absolute Gasteiger partial charge is 0.416 e. The van der Waals surface area contributed by atoms with Crippen molar-refractivity contribution in [2.75, 3.05) is 23.8 Å². The molecule has 1 N–H and O–H groups in total. The molecule has 0 saturated carbocycles. The molecule has 1 saturated heterocycles. The Morgan fingerprint density at radius 2 is 2.14 bits per heavy atom. The summed E-state index contributed by atoms with van der Waals surface area (Å²) in [5.74, 6) is -1.33. The fraction of sp³-hybridized carbons (Fsp3) is 0.700. The van der Waals surface area contributed by atoms with E-state index in [0.717, 1.165) is 11.8 Å². The van der Waals surface area contributed by atoms with E-state index in [2.05, 4.69) is 10.2 Å². The van der Waals surface area contributed by atoms with Gasteiger partial charge in [0.05, 0.1) is 23.2 Å². The molecule has 1 aromatic rings. The number of carbonyl (C=O) groups is 1. The molecular weight excluding hydrogens is 347 g/mol. The quantitative estimate of drug-likeness (QED) is 0.774. The highest BCUT2D eigenvalue weighted by molar-refractivity contribution is 7.99. The second-order valence-electron chi connectivity index (χ2n) is 4.69. The van der Waals surface area contributed by atoms with E-state index in [9.17, 15) is 26.4 Å². The first kappa shape index (κ1) is 17.1. The second kappa shape index (κ2) is 6.44. The fourth-order valence-corrected chi connectivity index (χ4v) is 4.14. The Kier molecular flexibility index (Phi) is 5.00. The molecule has 124 valence electrons. The molecule has 1 aliphatic rings. The van der Waals surface area contributed by atoms with Crippen LogP contribution in [-0.2, 0) is 14.6 Å². The van der Waals surface area contributed by atoms with Crippen LogP contribution in [0.25, 0.3) is 0 Å². The van der Waals surface area contributed by atoms with Crippen molar-refractivity contribution in [1.82, 2.24) is 15.5 Å². The van der Waals surface area contributed by atoms with Crippen LogP contribution in [-0.4, -0.2) is 54.5 Å². The lowest BCUT2D eigenvalue weighted by molar-refractivity contribution is -0.136. The first-order valence-electron chi connectivity index (χ1n) is 6.15. The number of hydrogen-bond donors (Lipinski definition) is 1. The maximum atomic E-state index is 11.9. The van der Waals surface area contributed by atoms with Gasteiger partial charge in [0.15, 0.2) is 9.84 Å². The molecule has 7 nitrogen and oxygen atoms in total. The molecule has 2 heterocycles. The summed E-state index contributed by atoms with van der Waals surface area (Å²) in [5.41, 5.74) is 0. The van der Waals surface area contributed by atoms with Crippen LogP contribution >= 0.6 is 11.8 Å². The standard InChI is InChI=1S/C10H12F3N3O4S2/c11-10(12,13)5-14-7(17)3-21-9-16-15-8(20-9)6-1-2-22(18,19)4-6/h6H,1-5H2,(H,14,17). The number of alkyl halides is 3. The summed E-state index contributed by atoms with van der Waals surface area (Å²) < 4.78 is 63.6. The molecule has 1 aromatic heterocycles. The van der Waals surface area contributed by atoms with Crippen molar-refractivity contribution in [3.05, 3.63) is 5.89 Å². The van der Waals surface area contributed by atoms with Crippen LogP contribution < -0.4 is 5.32 Å². The molecule has 0 radical (unpaired) electrons. The molecule has 0 bridgehead atoms. The van der Waals surface area contributed by atoms with E-state index in [1.165, 1.54) is 0 Å². The molecule has 0 aliphatic carbocycles. The van der Waals surface area contributed by atoms with Gasteiger partial charge in [-0.25, -0.2) is 8.42 Å². The minimum absolute atomic E-state index is 0.0152. The third-order valence-corrected chi connectivity index (χ3v) is 5.40. The van der Waals surface area contributed by atoms with Gasteiger partial charge in [-0.05, 0) is 6.42 Å². The average Bonchev–Trinajstić information content (AvgIpc) is 2.99. The summed E-state index contributed by atoms with van der Waals surface area (Å²) in [7, 11) is -3.09. The molecule has 1 fully saturated rings. The number of nitrogens with one attached hydrogen (secondary N) is 1. The van der Waals surface area contributed by atoms with Crippen molar-refractivity contribution >= 4 is 27.5 Å². The number of amides is 1. The van der Waals surface area contributed by atoms with Gasteiger partial charge in [0, 0.05) is 0 Å². The molecule has 1 amide bonds. The first-order chi connectivity index (χ1) is 10.1. The number of rotatable bonds is 5. The summed E-state index contributed by atoms with van der Waals surface area (Å²) in [5, 5.41) is 9.08. The van der Waals surface area contributed by atoms with Crippen molar-refractivity contribution in [3.63, 3.8) is 0 Å². The minimum atomic E-state index is -4.47. The minimum Gasteiger partial charge on any atom is -0.416 e. The van der Waals surface area contributed by atoms with Crippen molar-refractivity contribution in [3.8, 4) is 0 Å². The molecule has 1 unspecified atom stereocenters. The lowest BCUT2D eigenvalue weighted by Crippen LogP contribution is -2.34. The summed E-state index contributed by atoms with van der Waals surface area (Å²) >= 11 is 0.790. The molecule has 1 atom stereocenters. The molecule has 12 heteroatoms. The smallest absolute Gasteiger partial charge is 0.405 e. The molecule has 0 aromatic carbocycles. The third-order valence-electron chi connectivity index (χ3n) is 2.82. The van der Waals surface area contributed by atoms with E-state index >= 15 is 0 Å². The van der Waals surface area contributed by atoms with Gasteiger partial charge < -0.3 is 9.73 Å². The van der Waals surface area contributed by atoms with E-state index < -0.39 is 28.5 Å². The van der Waals surface area contributed by atoms with Gasteiger partial charge >= 0.3 is 6.18 Å². The Labute approximate surface area is 128 Å². The van der Waals surface area contributed by atoms with Crippen LogP contribution in [0.1, 0.15) is 18.2 Å². The number of halogens is 3. The maximum absolute atomic E-state index is 11.9. The molecule has 22 heavy (non-hydrogen) atoms. The lowest BCUT2D eigenvalue weighted by atomic mass is 10.1. The van der Waals surface area contributed by atoms with Crippen molar-refractivity contribution in [1.29, 1.82) is 0 Å². The van der Waals surface area contributed by atoms with E-state index in [0.29, 0.717) is 6.42 Å². The van der Waals surface area contributed by atoms with Crippen LogP contribution in [0.4, 0.5) is 13.2 Å². The van der Waals surface area contributed by atoms with Gasteiger partial charge in [0.1, 0.15) is 6.54 Å². The molecule has 0 spiro atoms. The monoisotopic (exact) mass is 359 g/mol. The van der Waals surface area contributed by atoms with Crippen molar-refractivity contribution in [2.45, 2.75) is 23.7 Å². The molecule has 1 aliphatic heterocycles. The molecule has 2 rings (SSSR count). The normalized spacial score (nSPS) is 21.0. The highest BCUT2D eigenvalue weighted by Gasteiger charge is 2.33. The van der Waals surface area contributed by atoms with E-state index in [1.807, 2.05) is 0 Å². The van der Waals surface area contributed by atoms with Gasteiger partial charge in [-0.2, -0.15) is 13.2 Å². The van der Waals surface area contributed by atoms with Gasteiger partial charge in [0.2, 0.25) is 11.8 Å². The Morgan fingerprint density at radius 3 is 2.73 bits per heavy atom. The number of sulfone groups is 1. The zero-order valence-electron chi connectivity index (χ0n) is 11.1. The number of hydrogen-bond acceptors (Lipinski definition) is 7. The number of nitrogens with zero attached hydrogens (tertiary/aromatic N) is 2. The van der Waals surface area contributed by atoms with Gasteiger partial charge in [-0.1, -0.05) is 11.8 Å². The van der Waals surface area contributed by atoms with Gasteiger partial charge in [0.25, 0.3) is 5.22 Å². The summed E-state index contributed by atoms with van der Waals surface area (Å²) in [4.78, 5) is 11.2. The molecular formula is C10H12F3N3O4S2. The van der Waals surface area contributed by atoms with Crippen LogP contribution in [0.15, 0.2) is 9.64 Å². The van der Waals surface area contributed by atoms with Crippen LogP contribution in [0.3, 0.4) is 0 Å². The topological polar surface area (TPSA) is 102 Å². The predicted molar refractivity (Wildman–Crippen MR) is 70.1 cm³/mol. The van der Waals surface area contributed by atoms with Crippen molar-refractivity contribution < 1.29 is 30.8 Å². The number of carbonyl (C=O) groups excluding carboxylic acids is 1. The Bertz CT molecular complexity index is 644. The maximum Gasteiger partial charge on any atom is 0.405 e. The zero-order chi connectivity index (χ0) is 16.4. The fourth-order valence-electron chi connectivity index (χ4n) is 1.81. The van der Waals surface area contributed by atoms with E-state index in [4.69, 9.17) is 4.42 Å². The summed E-state index contributed by atoms with van der Waals surface area (Å²) in [6.45, 7) is -1.40. The van der Waals surface area contributed by atoms with E-state index in [1.54, 1.807) is 5.32 Å². The Hall–Kier alpha value is -1.30. The summed E-state index contributed by atoms with van der Waals surface area (Å²) in [6, 6.07) is 0. The van der Waals surface area contributed by atoms with Crippen LogP contribution in [0.5, 0.6) is 0 Å². The van der Waals surface area contributed by atoms with Crippen molar-refractivity contribution in [2.24, 2.45) is 0 Å². The van der Waals surface area contributed by atoms with Gasteiger partial charge in [-0.15, -0.1) is 10.2 Å². The number of thioether (sulfide) groups is 1. The highest BCUT2D eigenvalue weighted by Crippen LogP contribution is 2.29. The number of aromatic nitrogens is 2. The second-order valence-corrected chi connectivity index (χ2v) is 7.84. The van der Waals surface area contributed by atoms with Gasteiger partial charge in [-0.3, -0.25) is 4.79 Å². The predicted octanol–water partition coefficient (Wildman–Crippen LogP) is 0.742. The lowest BCUT2D eigenvalue weighted by Gasteiger charge is -2.07. The summed E-state index contributed by atoms with van der Waals surface area (Å²) in [6.07, 6.45) is -4.08. The first-order valence-corrected chi connectivity index (χ1v) is 8.95. The Morgan fingerprint density at radius 1 is 1.41 bits per heavy atom.